The summed E-state index contributed by atoms with van der Waals surface area (Å²) in [6.45, 7) is 0. The van der Waals surface area contributed by atoms with Crippen molar-refractivity contribution in [2.75, 3.05) is 0 Å². The predicted octanol–water partition coefficient (Wildman–Crippen LogP) is 2.50. The van der Waals surface area contributed by atoms with Crippen molar-refractivity contribution in [2.24, 2.45) is 10.7 Å². The molecule has 0 aliphatic heterocycles. The summed E-state index contributed by atoms with van der Waals surface area (Å²) in [5.41, 5.74) is 0. The van der Waals surface area contributed by atoms with Gasteiger partial charge >= 0.3 is 146 Å². The van der Waals surface area contributed by atoms with Crippen molar-refractivity contribution in [1.29, 1.82) is 0 Å². The Morgan fingerprint density at radius 2 is 0.800 bits per heavy atom. The van der Waals surface area contributed by atoms with E-state index in [9.17, 15) is 9.81 Å². The SMILES string of the molecule is O=N[O][Sb]([O]N=O)([c]1ccccc1)([c]1ccccc1)[c]1ccccc1. The summed E-state index contributed by atoms with van der Waals surface area (Å²) in [6.07, 6.45) is 0. The number of benzene rings is 3. The Morgan fingerprint density at radius 1 is 0.520 bits per heavy atom. The summed E-state index contributed by atoms with van der Waals surface area (Å²) in [6, 6.07) is 26.8. The Balaban J connectivity index is 2.52. The molecular formula is C18H15N2O4Sb. The van der Waals surface area contributed by atoms with E-state index in [1.807, 2.05) is 18.2 Å². The van der Waals surface area contributed by atoms with Crippen LogP contribution in [0.4, 0.5) is 0 Å². The standard InChI is InChI=1S/3C6H5.2HNO2.Sb/c3*1-2-4-6-5-3-1;2*2-1-3;/h3*1-5H;2*(H,2,3);/q;;;;;+2/p-2. The number of nitrogens with zero attached hydrogens (tertiary/aromatic N) is 2. The molecule has 0 saturated carbocycles. The molecule has 0 aromatic heterocycles. The van der Waals surface area contributed by atoms with Crippen LogP contribution in [0.5, 0.6) is 0 Å². The van der Waals surface area contributed by atoms with E-state index in [0.717, 1.165) is 0 Å². The zero-order chi connectivity index (χ0) is 17.6. The second-order valence-corrected chi connectivity index (χ2v) is 16.1. The van der Waals surface area contributed by atoms with Crippen molar-refractivity contribution in [1.82, 2.24) is 0 Å². The molecular weight excluding hydrogens is 430 g/mol. The van der Waals surface area contributed by atoms with Gasteiger partial charge < -0.3 is 0 Å². The molecule has 0 saturated heterocycles. The van der Waals surface area contributed by atoms with Gasteiger partial charge in [0.2, 0.25) is 0 Å². The molecule has 7 heteroatoms. The molecule has 0 bridgehead atoms. The van der Waals surface area contributed by atoms with E-state index in [-0.39, 0.29) is 0 Å². The van der Waals surface area contributed by atoms with Crippen molar-refractivity contribution >= 4 is 28.8 Å². The zero-order valence-corrected chi connectivity index (χ0v) is 15.7. The second-order valence-electron chi connectivity index (χ2n) is 5.28. The fourth-order valence-corrected chi connectivity index (χ4v) is 14.1. The average Bonchev–Trinajstić information content (AvgIpc) is 2.70. The molecule has 0 N–H and O–H groups in total. The molecule has 3 aromatic carbocycles. The molecule has 3 aromatic rings. The first-order valence-corrected chi connectivity index (χ1v) is 13.4. The van der Waals surface area contributed by atoms with Crippen LogP contribution in [-0.4, -0.2) is 18.2 Å². The van der Waals surface area contributed by atoms with Crippen LogP contribution in [0.1, 0.15) is 0 Å². The molecule has 3 rings (SSSR count). The normalized spacial score (nSPS) is 12.4. The van der Waals surface area contributed by atoms with Crippen LogP contribution in [0.3, 0.4) is 0 Å². The Morgan fingerprint density at radius 3 is 1.04 bits per heavy atom. The van der Waals surface area contributed by atoms with E-state index in [1.165, 1.54) is 0 Å². The summed E-state index contributed by atoms with van der Waals surface area (Å²) in [7, 11) is 0. The van der Waals surface area contributed by atoms with E-state index in [2.05, 4.69) is 10.7 Å². The third-order valence-corrected chi connectivity index (χ3v) is 16.8. The van der Waals surface area contributed by atoms with Crippen LogP contribution in [-0.2, 0) is 6.23 Å². The zero-order valence-electron chi connectivity index (χ0n) is 13.1. The molecule has 0 spiro atoms. The Bertz CT molecular complexity index is 747. The molecule has 0 fully saturated rings. The molecule has 0 amide bonds. The van der Waals surface area contributed by atoms with E-state index < -0.39 is 18.2 Å². The summed E-state index contributed by atoms with van der Waals surface area (Å²) in [4.78, 5) is 22.7. The number of hydrogen-bond acceptors (Lipinski definition) is 6. The summed E-state index contributed by atoms with van der Waals surface area (Å²) >= 11 is -5.51. The van der Waals surface area contributed by atoms with E-state index >= 15 is 0 Å². The van der Waals surface area contributed by atoms with Gasteiger partial charge in [-0.05, 0) is 0 Å². The van der Waals surface area contributed by atoms with Gasteiger partial charge in [0, 0.05) is 0 Å². The quantitative estimate of drug-likeness (QED) is 0.318. The first kappa shape index (κ1) is 17.1. The average molecular weight is 445 g/mol. The Labute approximate surface area is 146 Å². The number of hydrogen-bond donors (Lipinski definition) is 0. The van der Waals surface area contributed by atoms with E-state index in [4.69, 9.17) is 6.23 Å². The molecule has 25 heavy (non-hydrogen) atoms. The predicted molar refractivity (Wildman–Crippen MR) is 97.7 cm³/mol. The van der Waals surface area contributed by atoms with Crippen molar-refractivity contribution < 1.29 is 6.23 Å². The van der Waals surface area contributed by atoms with Gasteiger partial charge in [0.1, 0.15) is 0 Å². The van der Waals surface area contributed by atoms with Crippen molar-refractivity contribution in [3.05, 3.63) is 101 Å². The minimum absolute atomic E-state index is 0.576. The van der Waals surface area contributed by atoms with Gasteiger partial charge in [0.15, 0.2) is 0 Å². The topological polar surface area (TPSA) is 77.3 Å². The van der Waals surface area contributed by atoms with Gasteiger partial charge in [0.05, 0.1) is 0 Å². The number of rotatable bonds is 7. The molecule has 126 valence electrons. The van der Waals surface area contributed by atoms with Crippen LogP contribution in [0.2, 0.25) is 0 Å². The second kappa shape index (κ2) is 7.03. The van der Waals surface area contributed by atoms with E-state index in [0.29, 0.717) is 10.5 Å². The summed E-state index contributed by atoms with van der Waals surface area (Å²) in [5.74, 6) is 0. The maximum atomic E-state index is 11.4. The minimum atomic E-state index is -5.51. The molecule has 6 nitrogen and oxygen atoms in total. The first-order valence-electron chi connectivity index (χ1n) is 7.50. The molecule has 0 atom stereocenters. The van der Waals surface area contributed by atoms with Crippen molar-refractivity contribution in [3.8, 4) is 0 Å². The van der Waals surface area contributed by atoms with Gasteiger partial charge in [-0.1, -0.05) is 0 Å². The van der Waals surface area contributed by atoms with Crippen LogP contribution >= 0.6 is 0 Å². The first-order chi connectivity index (χ1) is 12.3. The van der Waals surface area contributed by atoms with Crippen LogP contribution in [0.15, 0.2) is 102 Å². The Hall–Kier alpha value is -2.72. The maximum absolute atomic E-state index is 11.4. The van der Waals surface area contributed by atoms with Gasteiger partial charge in [0.25, 0.3) is 0 Å². The van der Waals surface area contributed by atoms with Gasteiger partial charge in [-0.3, -0.25) is 0 Å². The molecule has 0 radical (unpaired) electrons. The summed E-state index contributed by atoms with van der Waals surface area (Å²) in [5, 5.41) is 5.49. The summed E-state index contributed by atoms with van der Waals surface area (Å²) < 4.78 is 12.9. The third-order valence-electron chi connectivity index (χ3n) is 4.05. The molecule has 0 aliphatic carbocycles. The van der Waals surface area contributed by atoms with Crippen LogP contribution < -0.4 is 10.5 Å². The van der Waals surface area contributed by atoms with Crippen LogP contribution in [0, 0.1) is 9.81 Å². The monoisotopic (exact) mass is 444 g/mol. The van der Waals surface area contributed by atoms with Crippen molar-refractivity contribution in [2.45, 2.75) is 0 Å². The molecule has 0 aliphatic rings. The van der Waals surface area contributed by atoms with Crippen LogP contribution in [0.25, 0.3) is 0 Å². The van der Waals surface area contributed by atoms with Gasteiger partial charge in [-0.25, -0.2) is 0 Å². The Kier molecular flexibility index (Phi) is 4.81. The third kappa shape index (κ3) is 2.59. The van der Waals surface area contributed by atoms with Gasteiger partial charge in [-0.2, -0.15) is 0 Å². The molecule has 0 unspecified atom stereocenters. The van der Waals surface area contributed by atoms with Gasteiger partial charge in [-0.15, -0.1) is 0 Å². The van der Waals surface area contributed by atoms with Crippen molar-refractivity contribution in [3.63, 3.8) is 0 Å². The molecule has 0 heterocycles. The fraction of sp³-hybridized carbons (Fsp3) is 0. The fourth-order valence-electron chi connectivity index (χ4n) is 2.97. The van der Waals surface area contributed by atoms with E-state index in [1.54, 1.807) is 72.8 Å².